The Balaban J connectivity index is 0. The van der Waals surface area contributed by atoms with Gasteiger partial charge in [-0.05, 0) is 20.3 Å². The summed E-state index contributed by atoms with van der Waals surface area (Å²) in [5.41, 5.74) is 2.72. The molecule has 2 heteroatoms. The van der Waals surface area contributed by atoms with Crippen LogP contribution in [0.15, 0.2) is 35.9 Å². The first-order valence-corrected chi connectivity index (χ1v) is 3.87. The van der Waals surface area contributed by atoms with Crippen LogP contribution in [0.2, 0.25) is 0 Å². The predicted octanol–water partition coefficient (Wildman–Crippen LogP) is -0.381. The predicted molar refractivity (Wildman–Crippen MR) is 54.2 cm³/mol. The van der Waals surface area contributed by atoms with E-state index >= 15 is 0 Å². The normalized spacial score (nSPS) is 7.85. The van der Waals surface area contributed by atoms with Gasteiger partial charge in [-0.3, -0.25) is 0 Å². The fourth-order valence-electron chi connectivity index (χ4n) is 0.879. The van der Waals surface area contributed by atoms with Crippen LogP contribution in [0.4, 0.5) is 0 Å². The monoisotopic (exact) mass is 204 g/mol. The molecule has 0 saturated heterocycles. The van der Waals surface area contributed by atoms with Crippen molar-refractivity contribution in [1.82, 2.24) is 0 Å². The number of halogens is 1. The molecular formula is C11H13ClMg. The van der Waals surface area contributed by atoms with Crippen LogP contribution in [-0.2, 0) is 6.42 Å². The van der Waals surface area contributed by atoms with Crippen LogP contribution in [0.25, 0.3) is 0 Å². The third-order valence-corrected chi connectivity index (χ3v) is 1.53. The van der Waals surface area contributed by atoms with E-state index in [1.165, 1.54) is 11.1 Å². The Bertz CT molecular complexity index is 238. The fraction of sp³-hybridized carbons (Fsp3) is 0.273. The summed E-state index contributed by atoms with van der Waals surface area (Å²) in [6.07, 6.45) is 3.27. The van der Waals surface area contributed by atoms with Crippen molar-refractivity contribution in [2.24, 2.45) is 0 Å². The summed E-state index contributed by atoms with van der Waals surface area (Å²) in [5, 5.41) is 0. The minimum Gasteiger partial charge on any atom is -1.00 e. The Kier molecular flexibility index (Phi) is 10.3. The zero-order chi connectivity index (χ0) is 8.10. The molecule has 0 unspecified atom stereocenters. The first kappa shape index (κ1) is 15.5. The van der Waals surface area contributed by atoms with Crippen LogP contribution in [0, 0.1) is 6.07 Å². The van der Waals surface area contributed by atoms with Gasteiger partial charge in [-0.1, -0.05) is 11.6 Å². The Morgan fingerprint density at radius 1 is 1.31 bits per heavy atom. The van der Waals surface area contributed by atoms with Gasteiger partial charge in [-0.25, -0.2) is 0 Å². The minimum absolute atomic E-state index is 0. The molecule has 0 saturated carbocycles. The van der Waals surface area contributed by atoms with Crippen LogP contribution in [0.1, 0.15) is 19.4 Å². The van der Waals surface area contributed by atoms with Crippen molar-refractivity contribution in [3.63, 3.8) is 0 Å². The first-order chi connectivity index (χ1) is 5.29. The van der Waals surface area contributed by atoms with Crippen molar-refractivity contribution in [2.45, 2.75) is 20.3 Å². The van der Waals surface area contributed by atoms with E-state index in [1.54, 1.807) is 0 Å². The fourth-order valence-corrected chi connectivity index (χ4v) is 0.879. The van der Waals surface area contributed by atoms with Crippen LogP contribution in [0.5, 0.6) is 0 Å². The molecule has 0 N–H and O–H groups in total. The summed E-state index contributed by atoms with van der Waals surface area (Å²) in [6.45, 7) is 4.24. The molecule has 66 valence electrons. The molecule has 0 aliphatic heterocycles. The van der Waals surface area contributed by atoms with Crippen LogP contribution in [0.3, 0.4) is 0 Å². The van der Waals surface area contributed by atoms with E-state index in [2.05, 4.69) is 38.1 Å². The summed E-state index contributed by atoms with van der Waals surface area (Å²) >= 11 is 0. The Morgan fingerprint density at radius 2 is 1.85 bits per heavy atom. The molecule has 0 aliphatic carbocycles. The standard InChI is InChI=1S/C11H13.ClH.Mg/c1-10(2)8-9-11-6-4-3-5-7-11;;/h4-8H,9H2,1-2H3;1H;/q-1;;+2/p-1. The molecule has 0 aromatic heterocycles. The molecule has 1 aromatic carbocycles. The minimum atomic E-state index is 0. The molecule has 1 rings (SSSR count). The number of allylic oxidation sites excluding steroid dienone is 2. The maximum Gasteiger partial charge on any atom is 2.00 e. The van der Waals surface area contributed by atoms with Gasteiger partial charge in [0.1, 0.15) is 0 Å². The van der Waals surface area contributed by atoms with Crippen molar-refractivity contribution in [1.29, 1.82) is 0 Å². The van der Waals surface area contributed by atoms with E-state index in [9.17, 15) is 0 Å². The van der Waals surface area contributed by atoms with E-state index < -0.39 is 0 Å². The van der Waals surface area contributed by atoms with Gasteiger partial charge in [0, 0.05) is 0 Å². The smallest absolute Gasteiger partial charge is 1.00 e. The molecule has 0 aliphatic rings. The summed E-state index contributed by atoms with van der Waals surface area (Å²) in [5.74, 6) is 0. The van der Waals surface area contributed by atoms with E-state index in [0.29, 0.717) is 0 Å². The van der Waals surface area contributed by atoms with Gasteiger partial charge >= 0.3 is 23.1 Å². The third kappa shape index (κ3) is 7.12. The third-order valence-electron chi connectivity index (χ3n) is 1.53. The maximum absolute atomic E-state index is 3.00. The largest absolute Gasteiger partial charge is 2.00 e. The molecular weight excluding hydrogens is 192 g/mol. The molecule has 0 heterocycles. The topological polar surface area (TPSA) is 0 Å². The first-order valence-electron chi connectivity index (χ1n) is 3.87. The maximum atomic E-state index is 3.00. The Hall–Kier alpha value is 0.0162. The van der Waals surface area contributed by atoms with E-state index in [-0.39, 0.29) is 35.5 Å². The van der Waals surface area contributed by atoms with Crippen LogP contribution < -0.4 is 12.4 Å². The van der Waals surface area contributed by atoms with E-state index in [1.807, 2.05) is 12.1 Å². The van der Waals surface area contributed by atoms with E-state index in [4.69, 9.17) is 0 Å². The SMILES string of the molecule is CC(C)=CCc1cc[c-]cc1.[Cl-].[Mg+2]. The van der Waals surface area contributed by atoms with Gasteiger partial charge in [-0.15, -0.1) is 0 Å². The number of rotatable bonds is 2. The van der Waals surface area contributed by atoms with Crippen molar-refractivity contribution in [3.8, 4) is 0 Å². The second-order valence-corrected chi connectivity index (χ2v) is 2.89. The Labute approximate surface area is 103 Å². The molecule has 13 heavy (non-hydrogen) atoms. The summed E-state index contributed by atoms with van der Waals surface area (Å²) in [7, 11) is 0. The molecule has 1 aromatic rings. The second-order valence-electron chi connectivity index (χ2n) is 2.89. The van der Waals surface area contributed by atoms with Gasteiger partial charge in [0.25, 0.3) is 0 Å². The molecule has 0 atom stereocenters. The molecule has 0 bridgehead atoms. The number of benzene rings is 1. The zero-order valence-corrected chi connectivity index (χ0v) is 10.3. The van der Waals surface area contributed by atoms with Crippen molar-refractivity contribution < 1.29 is 12.4 Å². The molecule has 0 amide bonds. The average Bonchev–Trinajstić information content (AvgIpc) is 2.03. The van der Waals surface area contributed by atoms with E-state index in [0.717, 1.165) is 6.42 Å². The number of hydrogen-bond acceptors (Lipinski definition) is 0. The summed E-state index contributed by atoms with van der Waals surface area (Å²) in [6, 6.07) is 11.1. The second kappa shape index (κ2) is 8.61. The van der Waals surface area contributed by atoms with Gasteiger partial charge in [0.05, 0.1) is 0 Å². The van der Waals surface area contributed by atoms with Gasteiger partial charge < -0.3 is 12.4 Å². The molecule has 0 radical (unpaired) electrons. The van der Waals surface area contributed by atoms with Crippen LogP contribution >= 0.6 is 0 Å². The van der Waals surface area contributed by atoms with Gasteiger partial charge in [-0.2, -0.15) is 35.9 Å². The molecule has 0 spiro atoms. The van der Waals surface area contributed by atoms with Gasteiger partial charge in [0.2, 0.25) is 0 Å². The average molecular weight is 205 g/mol. The van der Waals surface area contributed by atoms with Gasteiger partial charge in [0.15, 0.2) is 0 Å². The molecule has 0 fully saturated rings. The number of hydrogen-bond donors (Lipinski definition) is 0. The Morgan fingerprint density at radius 3 is 2.31 bits per heavy atom. The summed E-state index contributed by atoms with van der Waals surface area (Å²) in [4.78, 5) is 0. The quantitative estimate of drug-likeness (QED) is 0.350. The summed E-state index contributed by atoms with van der Waals surface area (Å²) < 4.78 is 0. The zero-order valence-electron chi connectivity index (χ0n) is 8.18. The van der Waals surface area contributed by atoms with Crippen molar-refractivity contribution >= 4 is 23.1 Å². The van der Waals surface area contributed by atoms with Crippen LogP contribution in [-0.4, -0.2) is 23.1 Å². The molecule has 0 nitrogen and oxygen atoms in total. The van der Waals surface area contributed by atoms with Crippen molar-refractivity contribution in [2.75, 3.05) is 0 Å². The van der Waals surface area contributed by atoms with Crippen molar-refractivity contribution in [3.05, 3.63) is 47.5 Å².